The van der Waals surface area contributed by atoms with E-state index in [-0.39, 0.29) is 16.3 Å². The lowest BCUT2D eigenvalue weighted by atomic mass is 9.99. The van der Waals surface area contributed by atoms with E-state index < -0.39 is 11.9 Å². The van der Waals surface area contributed by atoms with Crippen LogP contribution in [0, 0.1) is 0 Å². The SMILES string of the molecule is COc1ccc(C2(C[C@@H](O)C[C@H](OCc3ccccc3)[C@H]3COC(C)(C)O3)SCCCS2)cc1. The molecular formula is C27H36O5S2. The van der Waals surface area contributed by atoms with E-state index in [0.717, 1.165) is 22.8 Å². The molecule has 34 heavy (non-hydrogen) atoms. The second-order valence-corrected chi connectivity index (χ2v) is 12.4. The summed E-state index contributed by atoms with van der Waals surface area (Å²) in [5, 5.41) is 11.4. The van der Waals surface area contributed by atoms with Crippen LogP contribution in [0.3, 0.4) is 0 Å². The zero-order valence-electron chi connectivity index (χ0n) is 20.3. The Labute approximate surface area is 211 Å². The molecule has 0 radical (unpaired) electrons. The molecule has 0 bridgehead atoms. The van der Waals surface area contributed by atoms with Crippen molar-refractivity contribution < 1.29 is 24.1 Å². The summed E-state index contributed by atoms with van der Waals surface area (Å²) in [6, 6.07) is 18.4. The maximum atomic E-state index is 11.4. The van der Waals surface area contributed by atoms with Crippen LogP contribution in [-0.4, -0.2) is 54.4 Å². The third-order valence-electron chi connectivity index (χ3n) is 6.25. The minimum absolute atomic E-state index is 0.180. The summed E-state index contributed by atoms with van der Waals surface area (Å²) >= 11 is 3.88. The molecule has 5 nitrogen and oxygen atoms in total. The second kappa shape index (κ2) is 11.7. The molecule has 0 saturated carbocycles. The van der Waals surface area contributed by atoms with Crippen LogP contribution in [0.25, 0.3) is 0 Å². The lowest BCUT2D eigenvalue weighted by Crippen LogP contribution is -2.37. The van der Waals surface area contributed by atoms with E-state index in [1.807, 2.05) is 67.7 Å². The molecule has 0 aliphatic carbocycles. The fraction of sp³-hybridized carbons (Fsp3) is 0.556. The van der Waals surface area contributed by atoms with Crippen LogP contribution in [0.2, 0.25) is 0 Å². The Hall–Kier alpha value is -1.22. The van der Waals surface area contributed by atoms with E-state index in [1.54, 1.807) is 7.11 Å². The maximum Gasteiger partial charge on any atom is 0.163 e. The van der Waals surface area contributed by atoms with E-state index in [2.05, 4.69) is 24.3 Å². The smallest absolute Gasteiger partial charge is 0.163 e. The number of hydrogen-bond donors (Lipinski definition) is 1. The topological polar surface area (TPSA) is 57.2 Å². The Morgan fingerprint density at radius 2 is 1.76 bits per heavy atom. The molecule has 2 aliphatic rings. The van der Waals surface area contributed by atoms with Gasteiger partial charge in [-0.25, -0.2) is 0 Å². The highest BCUT2D eigenvalue weighted by Gasteiger charge is 2.42. The van der Waals surface area contributed by atoms with Crippen LogP contribution in [0.4, 0.5) is 0 Å². The van der Waals surface area contributed by atoms with Gasteiger partial charge in [-0.1, -0.05) is 42.5 Å². The molecule has 2 aromatic rings. The normalized spacial score (nSPS) is 23.4. The van der Waals surface area contributed by atoms with Crippen molar-refractivity contribution in [3.63, 3.8) is 0 Å². The molecule has 7 heteroatoms. The van der Waals surface area contributed by atoms with Crippen molar-refractivity contribution in [2.24, 2.45) is 0 Å². The van der Waals surface area contributed by atoms with Crippen LogP contribution < -0.4 is 4.74 Å². The first-order chi connectivity index (χ1) is 16.4. The van der Waals surface area contributed by atoms with Gasteiger partial charge in [0, 0.05) is 12.8 Å². The number of aliphatic hydroxyl groups is 1. The summed E-state index contributed by atoms with van der Waals surface area (Å²) in [4.78, 5) is 0. The molecule has 1 N–H and O–H groups in total. The van der Waals surface area contributed by atoms with Gasteiger partial charge in [0.2, 0.25) is 0 Å². The quantitative estimate of drug-likeness (QED) is 0.452. The van der Waals surface area contributed by atoms with Gasteiger partial charge in [-0.2, -0.15) is 0 Å². The number of benzene rings is 2. The summed E-state index contributed by atoms with van der Waals surface area (Å²) in [7, 11) is 1.68. The van der Waals surface area contributed by atoms with Gasteiger partial charge in [-0.05, 0) is 55.0 Å². The molecule has 2 heterocycles. The standard InChI is InChI=1S/C27H36O5S2/c1-26(2)31-19-25(32-26)24(30-18-20-8-5-4-6-9-20)16-22(28)17-27(33-14-7-15-34-27)21-10-12-23(29-3)13-11-21/h4-6,8-13,22,24-25,28H,7,14-19H2,1-3H3/t22-,24-,25+/m0/s1. The molecule has 2 saturated heterocycles. The molecule has 0 unspecified atom stereocenters. The fourth-order valence-corrected chi connectivity index (χ4v) is 7.97. The molecule has 3 atom stereocenters. The monoisotopic (exact) mass is 504 g/mol. The molecule has 2 fully saturated rings. The van der Waals surface area contributed by atoms with E-state index >= 15 is 0 Å². The Morgan fingerprint density at radius 3 is 2.38 bits per heavy atom. The average molecular weight is 505 g/mol. The zero-order chi connectivity index (χ0) is 24.0. The van der Waals surface area contributed by atoms with E-state index in [9.17, 15) is 5.11 Å². The van der Waals surface area contributed by atoms with E-state index in [0.29, 0.717) is 26.1 Å². The number of aliphatic hydroxyl groups excluding tert-OH is 1. The average Bonchev–Trinajstić information content (AvgIpc) is 3.22. The van der Waals surface area contributed by atoms with E-state index in [4.69, 9.17) is 18.9 Å². The first-order valence-corrected chi connectivity index (χ1v) is 13.9. The Morgan fingerprint density at radius 1 is 1.06 bits per heavy atom. The van der Waals surface area contributed by atoms with Crippen LogP contribution >= 0.6 is 23.5 Å². The second-order valence-electron chi connectivity index (χ2n) is 9.33. The third kappa shape index (κ3) is 6.71. The summed E-state index contributed by atoms with van der Waals surface area (Å²) in [5.74, 6) is 2.39. The summed E-state index contributed by atoms with van der Waals surface area (Å²) in [6.07, 6.45) is 1.33. The number of rotatable bonds is 10. The van der Waals surface area contributed by atoms with E-state index in [1.165, 1.54) is 12.0 Å². The van der Waals surface area contributed by atoms with Crippen LogP contribution in [0.5, 0.6) is 5.75 Å². The molecule has 0 amide bonds. The first-order valence-electron chi connectivity index (χ1n) is 12.0. The van der Waals surface area contributed by atoms with Crippen molar-refractivity contribution >= 4 is 23.5 Å². The van der Waals surface area contributed by atoms with Crippen molar-refractivity contribution in [2.75, 3.05) is 25.2 Å². The molecule has 4 rings (SSSR count). The van der Waals surface area contributed by atoms with Crippen LogP contribution in [-0.2, 0) is 24.9 Å². The number of thioether (sulfide) groups is 2. The van der Waals surface area contributed by atoms with Crippen LogP contribution in [0.15, 0.2) is 54.6 Å². The number of ether oxygens (including phenoxy) is 4. The molecular weight excluding hydrogens is 468 g/mol. The van der Waals surface area contributed by atoms with Gasteiger partial charge < -0.3 is 24.1 Å². The van der Waals surface area contributed by atoms with Gasteiger partial charge in [0.25, 0.3) is 0 Å². The minimum atomic E-state index is -0.636. The molecule has 0 aromatic heterocycles. The van der Waals surface area contributed by atoms with Gasteiger partial charge in [0.05, 0.1) is 36.6 Å². The summed E-state index contributed by atoms with van der Waals surface area (Å²) in [5.41, 5.74) is 2.33. The van der Waals surface area contributed by atoms with Gasteiger partial charge in [0.15, 0.2) is 5.79 Å². The minimum Gasteiger partial charge on any atom is -0.497 e. The third-order valence-corrected chi connectivity index (χ3v) is 9.68. The van der Waals surface area contributed by atoms with Gasteiger partial charge in [0.1, 0.15) is 11.9 Å². The molecule has 186 valence electrons. The Kier molecular flexibility index (Phi) is 8.88. The zero-order valence-corrected chi connectivity index (χ0v) is 21.9. The Balaban J connectivity index is 1.47. The highest BCUT2D eigenvalue weighted by Crippen LogP contribution is 2.53. The summed E-state index contributed by atoms with van der Waals surface area (Å²) < 4.78 is 23.5. The molecule has 2 aliphatic heterocycles. The predicted octanol–water partition coefficient (Wildman–Crippen LogP) is 5.60. The number of methoxy groups -OCH3 is 1. The van der Waals surface area contributed by atoms with Crippen molar-refractivity contribution in [2.45, 2.75) is 67.9 Å². The van der Waals surface area contributed by atoms with Gasteiger partial charge >= 0.3 is 0 Å². The molecule has 2 aromatic carbocycles. The number of hydrogen-bond acceptors (Lipinski definition) is 7. The van der Waals surface area contributed by atoms with Crippen molar-refractivity contribution in [3.05, 3.63) is 65.7 Å². The van der Waals surface area contributed by atoms with Gasteiger partial charge in [-0.3, -0.25) is 0 Å². The fourth-order valence-electron chi connectivity index (χ4n) is 4.49. The first kappa shape index (κ1) is 25.9. The van der Waals surface area contributed by atoms with Crippen LogP contribution in [0.1, 0.15) is 44.2 Å². The highest BCUT2D eigenvalue weighted by atomic mass is 32.2. The largest absolute Gasteiger partial charge is 0.497 e. The van der Waals surface area contributed by atoms with Crippen molar-refractivity contribution in [1.29, 1.82) is 0 Å². The lowest BCUT2D eigenvalue weighted by Gasteiger charge is -2.39. The molecule has 0 spiro atoms. The maximum absolute atomic E-state index is 11.4. The Bertz CT molecular complexity index is 884. The lowest BCUT2D eigenvalue weighted by molar-refractivity contribution is -0.161. The highest BCUT2D eigenvalue weighted by molar-refractivity contribution is 8.18. The van der Waals surface area contributed by atoms with Gasteiger partial charge in [-0.15, -0.1) is 23.5 Å². The predicted molar refractivity (Wildman–Crippen MR) is 139 cm³/mol. The van der Waals surface area contributed by atoms with Crippen molar-refractivity contribution in [3.8, 4) is 5.75 Å². The summed E-state index contributed by atoms with van der Waals surface area (Å²) in [6.45, 7) is 4.79. The van der Waals surface area contributed by atoms with Crippen molar-refractivity contribution in [1.82, 2.24) is 0 Å².